The van der Waals surface area contributed by atoms with Gasteiger partial charge in [-0.25, -0.2) is 0 Å². The van der Waals surface area contributed by atoms with E-state index in [4.69, 9.17) is 0 Å². The number of hydrogen-bond acceptors (Lipinski definition) is 0. The smallest absolute Gasteiger partial charge is 0.169 e. The maximum Gasteiger partial charge on any atom is 0.416 e. The van der Waals surface area contributed by atoms with Gasteiger partial charge in [0.1, 0.15) is 5.41 Å². The van der Waals surface area contributed by atoms with E-state index in [-0.39, 0.29) is 16.7 Å². The summed E-state index contributed by atoms with van der Waals surface area (Å²) in [5.74, 6) is 0. The van der Waals surface area contributed by atoms with Gasteiger partial charge < -0.3 is 0 Å². The van der Waals surface area contributed by atoms with Crippen molar-refractivity contribution in [1.82, 2.24) is 0 Å². The summed E-state index contributed by atoms with van der Waals surface area (Å²) in [7, 11) is 0. The minimum absolute atomic E-state index is 0.0360. The zero-order valence-corrected chi connectivity index (χ0v) is 17.5. The van der Waals surface area contributed by atoms with Crippen LogP contribution in [0, 0.1) is 27.7 Å². The molecule has 0 aliphatic carbocycles. The third-order valence-electron chi connectivity index (χ3n) is 5.95. The largest absolute Gasteiger partial charge is 0.416 e. The van der Waals surface area contributed by atoms with Gasteiger partial charge in [0.15, 0.2) is 0 Å². The van der Waals surface area contributed by atoms with Crippen molar-refractivity contribution in [3.05, 3.63) is 105 Å². The molecule has 0 unspecified atom stereocenters. The maximum atomic E-state index is 15.0. The Morgan fingerprint density at radius 1 is 0.452 bits per heavy atom. The van der Waals surface area contributed by atoms with E-state index >= 15 is 13.2 Å². The quantitative estimate of drug-likeness (QED) is 0.290. The Balaban J connectivity index is 2.43. The molecule has 0 saturated carbocycles. The van der Waals surface area contributed by atoms with Crippen molar-refractivity contribution in [3.63, 3.8) is 0 Å². The Morgan fingerprint density at radius 2 is 0.806 bits per heavy atom. The summed E-state index contributed by atoms with van der Waals surface area (Å²) in [6, 6.07) is 12.2. The van der Waals surface area contributed by atoms with Gasteiger partial charge in [-0.1, -0.05) is 48.5 Å². The number of halogens is 6. The Bertz CT molecular complexity index is 1040. The minimum atomic E-state index is -4.81. The second-order valence-corrected chi connectivity index (χ2v) is 7.92. The highest BCUT2D eigenvalue weighted by atomic mass is 19.4. The summed E-state index contributed by atoms with van der Waals surface area (Å²) in [5.41, 5.74) is -0.957. The predicted molar refractivity (Wildman–Crippen MR) is 109 cm³/mol. The Hall–Kier alpha value is -2.76. The molecule has 0 saturated heterocycles. The third kappa shape index (κ3) is 3.95. The number of aryl methyl sites for hydroxylation is 4. The van der Waals surface area contributed by atoms with Crippen LogP contribution in [0.3, 0.4) is 0 Å². The molecule has 0 bridgehead atoms. The predicted octanol–water partition coefficient (Wildman–Crippen LogP) is 7.84. The molecule has 164 valence electrons. The second-order valence-electron chi connectivity index (χ2n) is 7.92. The standard InChI is InChI=1S/C25H22F6/c1-15-5-7-21(13-17(15)3)23(25(29,30)31,22-8-6-16(2)18(4)14-22)19-9-11-20(12-10-19)24(26,27)28/h5-14H,1-4H3. The first-order chi connectivity index (χ1) is 14.3. The van der Waals surface area contributed by atoms with Crippen molar-refractivity contribution in [2.45, 2.75) is 45.5 Å². The van der Waals surface area contributed by atoms with Crippen molar-refractivity contribution in [3.8, 4) is 0 Å². The zero-order chi connectivity index (χ0) is 23.2. The summed E-state index contributed by atoms with van der Waals surface area (Å²) in [5, 5.41) is 0. The number of rotatable bonds is 3. The second kappa shape index (κ2) is 7.74. The molecule has 0 radical (unpaired) electrons. The minimum Gasteiger partial charge on any atom is -0.169 e. The van der Waals surface area contributed by atoms with Crippen molar-refractivity contribution < 1.29 is 26.3 Å². The van der Waals surface area contributed by atoms with Crippen molar-refractivity contribution in [2.75, 3.05) is 0 Å². The molecular weight excluding hydrogens is 414 g/mol. The van der Waals surface area contributed by atoms with E-state index in [1.165, 1.54) is 24.3 Å². The van der Waals surface area contributed by atoms with E-state index in [2.05, 4.69) is 0 Å². The topological polar surface area (TPSA) is 0 Å². The van der Waals surface area contributed by atoms with E-state index in [9.17, 15) is 13.2 Å². The Labute approximate surface area is 177 Å². The first-order valence-corrected chi connectivity index (χ1v) is 9.68. The van der Waals surface area contributed by atoms with Crippen LogP contribution in [0.1, 0.15) is 44.5 Å². The van der Waals surface area contributed by atoms with Gasteiger partial charge >= 0.3 is 12.4 Å². The molecule has 0 aliphatic rings. The highest BCUT2D eigenvalue weighted by Gasteiger charge is 2.58. The molecule has 0 N–H and O–H groups in total. The van der Waals surface area contributed by atoms with Crippen molar-refractivity contribution in [2.24, 2.45) is 0 Å². The Kier molecular flexibility index (Phi) is 5.72. The monoisotopic (exact) mass is 436 g/mol. The number of alkyl halides is 6. The molecule has 6 heteroatoms. The van der Waals surface area contributed by atoms with Gasteiger partial charge in [0.25, 0.3) is 0 Å². The summed E-state index contributed by atoms with van der Waals surface area (Å²) >= 11 is 0. The van der Waals surface area contributed by atoms with Crippen LogP contribution in [0.15, 0.2) is 60.7 Å². The molecule has 0 nitrogen and oxygen atoms in total. The molecule has 0 aromatic heterocycles. The van der Waals surface area contributed by atoms with Crippen LogP contribution in [-0.2, 0) is 11.6 Å². The molecule has 3 aromatic rings. The van der Waals surface area contributed by atoms with Gasteiger partial charge in [-0.3, -0.25) is 0 Å². The molecule has 31 heavy (non-hydrogen) atoms. The lowest BCUT2D eigenvalue weighted by molar-refractivity contribution is -0.166. The van der Waals surface area contributed by atoms with Crippen LogP contribution in [-0.4, -0.2) is 6.18 Å². The summed E-state index contributed by atoms with van der Waals surface area (Å²) in [4.78, 5) is 0. The van der Waals surface area contributed by atoms with Gasteiger partial charge in [0.2, 0.25) is 0 Å². The van der Waals surface area contributed by atoms with Gasteiger partial charge in [-0.15, -0.1) is 0 Å². The van der Waals surface area contributed by atoms with E-state index in [1.807, 2.05) is 0 Å². The normalized spacial score (nSPS) is 12.8. The van der Waals surface area contributed by atoms with E-state index < -0.39 is 23.3 Å². The van der Waals surface area contributed by atoms with Crippen LogP contribution in [0.25, 0.3) is 0 Å². The number of benzene rings is 3. The first-order valence-electron chi connectivity index (χ1n) is 9.68. The first kappa shape index (κ1) is 22.9. The highest BCUT2D eigenvalue weighted by Crippen LogP contribution is 2.52. The van der Waals surface area contributed by atoms with Gasteiger partial charge in [0.05, 0.1) is 5.56 Å². The van der Waals surface area contributed by atoms with Crippen LogP contribution < -0.4 is 0 Å². The van der Waals surface area contributed by atoms with Crippen LogP contribution in [0.4, 0.5) is 26.3 Å². The molecule has 3 aromatic carbocycles. The van der Waals surface area contributed by atoms with E-state index in [0.29, 0.717) is 23.3 Å². The lowest BCUT2D eigenvalue weighted by Crippen LogP contribution is -2.44. The SMILES string of the molecule is Cc1ccc(C(c2ccc(C(F)(F)F)cc2)(c2ccc(C)c(C)c2)C(F)(F)F)cc1C. The molecular formula is C25H22F6. The summed E-state index contributed by atoms with van der Waals surface area (Å²) < 4.78 is 84.2. The lowest BCUT2D eigenvalue weighted by Gasteiger charge is -2.38. The molecule has 3 rings (SSSR count). The Morgan fingerprint density at radius 3 is 1.13 bits per heavy atom. The molecule has 0 fully saturated rings. The lowest BCUT2D eigenvalue weighted by atomic mass is 9.67. The molecule has 0 atom stereocenters. The third-order valence-corrected chi connectivity index (χ3v) is 5.95. The average molecular weight is 436 g/mol. The van der Waals surface area contributed by atoms with E-state index in [0.717, 1.165) is 23.3 Å². The highest BCUT2D eigenvalue weighted by molar-refractivity contribution is 5.55. The van der Waals surface area contributed by atoms with Crippen molar-refractivity contribution in [1.29, 1.82) is 0 Å². The van der Waals surface area contributed by atoms with Crippen LogP contribution >= 0.6 is 0 Å². The average Bonchev–Trinajstić information content (AvgIpc) is 2.66. The van der Waals surface area contributed by atoms with Gasteiger partial charge in [0, 0.05) is 0 Å². The number of hydrogen-bond donors (Lipinski definition) is 0. The molecule has 0 aliphatic heterocycles. The van der Waals surface area contributed by atoms with Crippen molar-refractivity contribution >= 4 is 0 Å². The van der Waals surface area contributed by atoms with Gasteiger partial charge in [-0.05, 0) is 78.8 Å². The fourth-order valence-corrected chi connectivity index (χ4v) is 3.85. The van der Waals surface area contributed by atoms with E-state index in [1.54, 1.807) is 39.8 Å². The summed E-state index contributed by atoms with van der Waals surface area (Å²) in [6.07, 6.45) is -9.45. The molecule has 0 heterocycles. The fourth-order valence-electron chi connectivity index (χ4n) is 3.85. The van der Waals surface area contributed by atoms with Crippen LogP contribution in [0.2, 0.25) is 0 Å². The summed E-state index contributed by atoms with van der Waals surface area (Å²) in [6.45, 7) is 7.02. The molecule has 0 amide bonds. The van der Waals surface area contributed by atoms with Crippen LogP contribution in [0.5, 0.6) is 0 Å². The van der Waals surface area contributed by atoms with Gasteiger partial charge in [-0.2, -0.15) is 26.3 Å². The fraction of sp³-hybridized carbons (Fsp3) is 0.280. The molecule has 0 spiro atoms. The zero-order valence-electron chi connectivity index (χ0n) is 17.5. The maximum absolute atomic E-state index is 15.0.